The number of nitrogens with one attached hydrogen (secondary N) is 2. The van der Waals surface area contributed by atoms with Crippen LogP contribution in [0.2, 0.25) is 0 Å². The molecule has 1 atom stereocenters. The van der Waals surface area contributed by atoms with Crippen LogP contribution in [0.3, 0.4) is 0 Å². The second kappa shape index (κ2) is 6.62. The number of nitrogens with zero attached hydrogens (tertiary/aromatic N) is 2. The summed E-state index contributed by atoms with van der Waals surface area (Å²) in [5.41, 5.74) is 2.56. The van der Waals surface area contributed by atoms with Gasteiger partial charge in [-0.05, 0) is 34.9 Å². The quantitative estimate of drug-likeness (QED) is 0.254. The zero-order valence-electron chi connectivity index (χ0n) is 9.83. The van der Waals surface area contributed by atoms with Gasteiger partial charge in [0.2, 0.25) is 5.96 Å². The molecule has 0 aromatic rings. The largest absolute Gasteiger partial charge is 0.353 e. The van der Waals surface area contributed by atoms with E-state index in [1.165, 1.54) is 0 Å². The summed E-state index contributed by atoms with van der Waals surface area (Å²) in [5, 5.41) is 3.13. The van der Waals surface area contributed by atoms with Gasteiger partial charge in [0.05, 0.1) is 6.04 Å². The number of hydrazine groups is 1. The average Bonchev–Trinajstić information content (AvgIpc) is 2.00. The van der Waals surface area contributed by atoms with Gasteiger partial charge in [0.15, 0.2) is 0 Å². The van der Waals surface area contributed by atoms with E-state index in [1.54, 1.807) is 0 Å². The Kier molecular flexibility index (Phi) is 6.23. The molecule has 14 heavy (non-hydrogen) atoms. The van der Waals surface area contributed by atoms with Crippen LogP contribution in [0.5, 0.6) is 0 Å². The van der Waals surface area contributed by atoms with Gasteiger partial charge in [-0.3, -0.25) is 5.43 Å². The highest BCUT2D eigenvalue weighted by atomic mass is 15.3. The average molecular weight is 201 g/mol. The first kappa shape index (κ1) is 13.2. The Bertz CT molecular complexity index is 176. The number of guanidine groups is 1. The number of aliphatic imine (C=N–C) groups is 1. The Labute approximate surface area is 86.7 Å². The molecule has 0 aliphatic carbocycles. The molecule has 0 aliphatic heterocycles. The molecule has 0 amide bonds. The first-order valence-corrected chi connectivity index (χ1v) is 4.91. The molecule has 4 N–H and O–H groups in total. The van der Waals surface area contributed by atoms with E-state index in [0.29, 0.717) is 12.0 Å². The number of rotatable bonds is 4. The van der Waals surface area contributed by atoms with Crippen LogP contribution in [0, 0.1) is 0 Å². The van der Waals surface area contributed by atoms with Gasteiger partial charge < -0.3 is 10.2 Å². The van der Waals surface area contributed by atoms with E-state index in [9.17, 15) is 0 Å². The topological polar surface area (TPSA) is 65.7 Å². The summed E-state index contributed by atoms with van der Waals surface area (Å²) in [6.07, 6.45) is 0. The summed E-state index contributed by atoms with van der Waals surface area (Å²) >= 11 is 0. The first-order valence-electron chi connectivity index (χ1n) is 4.91. The summed E-state index contributed by atoms with van der Waals surface area (Å²) in [6.45, 7) is 7.05. The molecule has 0 heterocycles. The van der Waals surface area contributed by atoms with Crippen molar-refractivity contribution in [2.24, 2.45) is 10.8 Å². The maximum Gasteiger partial charge on any atom is 0.206 e. The third kappa shape index (κ3) is 6.68. The van der Waals surface area contributed by atoms with Crippen molar-refractivity contribution in [3.8, 4) is 0 Å². The van der Waals surface area contributed by atoms with Crippen molar-refractivity contribution in [1.82, 2.24) is 15.6 Å². The first-order chi connectivity index (χ1) is 6.45. The maximum absolute atomic E-state index is 5.34. The van der Waals surface area contributed by atoms with Gasteiger partial charge in [-0.1, -0.05) is 0 Å². The SMILES string of the molecule is CC(CN(C)C)N=C(NN)NC(C)C. The second-order valence-electron chi connectivity index (χ2n) is 4.03. The Hall–Kier alpha value is -0.810. The number of nitrogens with two attached hydrogens (primary N) is 1. The predicted molar refractivity (Wildman–Crippen MR) is 61.0 cm³/mol. The Morgan fingerprint density at radius 1 is 1.36 bits per heavy atom. The highest BCUT2D eigenvalue weighted by Crippen LogP contribution is 1.91. The van der Waals surface area contributed by atoms with E-state index >= 15 is 0 Å². The van der Waals surface area contributed by atoms with Crippen LogP contribution in [-0.4, -0.2) is 43.6 Å². The highest BCUT2D eigenvalue weighted by Gasteiger charge is 2.04. The fourth-order valence-corrected chi connectivity index (χ4v) is 1.18. The standard InChI is InChI=1S/C9H23N5/c1-7(2)11-9(13-10)12-8(3)6-14(4)5/h7-8H,6,10H2,1-5H3,(H2,11,12,13). The molecule has 0 aromatic carbocycles. The van der Waals surface area contributed by atoms with Crippen molar-refractivity contribution in [1.29, 1.82) is 0 Å². The van der Waals surface area contributed by atoms with Gasteiger partial charge in [-0.2, -0.15) is 0 Å². The van der Waals surface area contributed by atoms with Crippen molar-refractivity contribution in [3.05, 3.63) is 0 Å². The monoisotopic (exact) mass is 201 g/mol. The molecule has 0 radical (unpaired) electrons. The van der Waals surface area contributed by atoms with E-state index < -0.39 is 0 Å². The van der Waals surface area contributed by atoms with Crippen molar-refractivity contribution < 1.29 is 0 Å². The van der Waals surface area contributed by atoms with Crippen LogP contribution in [-0.2, 0) is 0 Å². The molecule has 5 nitrogen and oxygen atoms in total. The van der Waals surface area contributed by atoms with E-state index in [-0.39, 0.29) is 6.04 Å². The van der Waals surface area contributed by atoms with Crippen LogP contribution in [0.15, 0.2) is 4.99 Å². The summed E-state index contributed by atoms with van der Waals surface area (Å²) in [4.78, 5) is 6.50. The van der Waals surface area contributed by atoms with Crippen LogP contribution >= 0.6 is 0 Å². The van der Waals surface area contributed by atoms with Crippen molar-refractivity contribution in [2.75, 3.05) is 20.6 Å². The number of likely N-dealkylation sites (N-methyl/N-ethyl adjacent to an activating group) is 1. The minimum atomic E-state index is 0.224. The molecule has 5 heteroatoms. The minimum absolute atomic E-state index is 0.224. The predicted octanol–water partition coefficient (Wildman–Crippen LogP) is -0.246. The van der Waals surface area contributed by atoms with E-state index in [0.717, 1.165) is 6.54 Å². The molecule has 0 rings (SSSR count). The molecule has 0 spiro atoms. The fourth-order valence-electron chi connectivity index (χ4n) is 1.18. The van der Waals surface area contributed by atoms with E-state index in [2.05, 4.69) is 27.6 Å². The zero-order chi connectivity index (χ0) is 11.1. The molecule has 84 valence electrons. The molecule has 0 saturated heterocycles. The Balaban J connectivity index is 4.13. The molecular formula is C9H23N5. The molecule has 0 aromatic heterocycles. The molecule has 0 bridgehead atoms. The van der Waals surface area contributed by atoms with Crippen LogP contribution in [0.4, 0.5) is 0 Å². The second-order valence-corrected chi connectivity index (χ2v) is 4.03. The van der Waals surface area contributed by atoms with E-state index in [1.807, 2.05) is 27.9 Å². The molecule has 0 aliphatic rings. The van der Waals surface area contributed by atoms with Gasteiger partial charge >= 0.3 is 0 Å². The van der Waals surface area contributed by atoms with Gasteiger partial charge in [0, 0.05) is 12.6 Å². The number of hydrogen-bond donors (Lipinski definition) is 3. The van der Waals surface area contributed by atoms with Crippen molar-refractivity contribution in [2.45, 2.75) is 32.9 Å². The Morgan fingerprint density at radius 2 is 1.93 bits per heavy atom. The summed E-state index contributed by atoms with van der Waals surface area (Å²) in [7, 11) is 4.05. The summed E-state index contributed by atoms with van der Waals surface area (Å²) in [6, 6.07) is 0.554. The van der Waals surface area contributed by atoms with Crippen LogP contribution in [0.25, 0.3) is 0 Å². The number of hydrogen-bond acceptors (Lipinski definition) is 3. The lowest BCUT2D eigenvalue weighted by molar-refractivity contribution is 0.382. The summed E-state index contributed by atoms with van der Waals surface area (Å²) in [5.74, 6) is 5.99. The lowest BCUT2D eigenvalue weighted by Crippen LogP contribution is -2.45. The molecular weight excluding hydrogens is 178 g/mol. The fraction of sp³-hybridized carbons (Fsp3) is 0.889. The minimum Gasteiger partial charge on any atom is -0.353 e. The molecule has 1 unspecified atom stereocenters. The molecule has 0 fully saturated rings. The normalized spacial score (nSPS) is 14.7. The van der Waals surface area contributed by atoms with Gasteiger partial charge in [-0.15, -0.1) is 0 Å². The van der Waals surface area contributed by atoms with Crippen molar-refractivity contribution >= 4 is 5.96 Å². The Morgan fingerprint density at radius 3 is 2.29 bits per heavy atom. The van der Waals surface area contributed by atoms with Crippen LogP contribution in [0.1, 0.15) is 20.8 Å². The smallest absolute Gasteiger partial charge is 0.206 e. The maximum atomic E-state index is 5.34. The summed E-state index contributed by atoms with van der Waals surface area (Å²) < 4.78 is 0. The molecule has 0 saturated carbocycles. The van der Waals surface area contributed by atoms with Gasteiger partial charge in [0.25, 0.3) is 0 Å². The van der Waals surface area contributed by atoms with Gasteiger partial charge in [0.1, 0.15) is 0 Å². The van der Waals surface area contributed by atoms with Gasteiger partial charge in [-0.25, -0.2) is 10.8 Å². The lowest BCUT2D eigenvalue weighted by Gasteiger charge is -2.17. The zero-order valence-corrected chi connectivity index (χ0v) is 9.83. The van der Waals surface area contributed by atoms with Crippen LogP contribution < -0.4 is 16.6 Å². The van der Waals surface area contributed by atoms with E-state index in [4.69, 9.17) is 5.84 Å². The van der Waals surface area contributed by atoms with Crippen molar-refractivity contribution in [3.63, 3.8) is 0 Å². The lowest BCUT2D eigenvalue weighted by atomic mass is 10.3. The third-order valence-corrected chi connectivity index (χ3v) is 1.54. The highest BCUT2D eigenvalue weighted by molar-refractivity contribution is 5.79. The third-order valence-electron chi connectivity index (χ3n) is 1.54.